The van der Waals surface area contributed by atoms with Crippen molar-refractivity contribution >= 4 is 46.6 Å². The van der Waals surface area contributed by atoms with E-state index in [0.717, 1.165) is 10.5 Å². The first-order valence-corrected chi connectivity index (χ1v) is 11.0. The van der Waals surface area contributed by atoms with Gasteiger partial charge in [-0.05, 0) is 42.3 Å². The molecule has 0 heterocycles. The monoisotopic (exact) mass is 438 g/mol. The van der Waals surface area contributed by atoms with Crippen molar-refractivity contribution < 1.29 is 9.59 Å². The molecule has 0 aliphatic heterocycles. The lowest BCUT2D eigenvalue weighted by molar-refractivity contribution is -0.116. The van der Waals surface area contributed by atoms with Crippen molar-refractivity contribution in [3.05, 3.63) is 89.4 Å². The van der Waals surface area contributed by atoms with E-state index in [1.807, 2.05) is 73.7 Å². The first kappa shape index (κ1) is 21.9. The summed E-state index contributed by atoms with van der Waals surface area (Å²) in [6.45, 7) is 1.97. The van der Waals surface area contributed by atoms with Gasteiger partial charge in [-0.1, -0.05) is 67.1 Å². The van der Waals surface area contributed by atoms with Gasteiger partial charge in [0.15, 0.2) is 0 Å². The highest BCUT2D eigenvalue weighted by Gasteiger charge is 2.19. The summed E-state index contributed by atoms with van der Waals surface area (Å²) in [5.74, 6) is -0.180. The summed E-state index contributed by atoms with van der Waals surface area (Å²) in [6.07, 6.45) is 0.974. The zero-order valence-electron chi connectivity index (χ0n) is 16.6. The predicted molar refractivity (Wildman–Crippen MR) is 125 cm³/mol. The molecule has 30 heavy (non-hydrogen) atoms. The molecule has 0 aliphatic rings. The third-order valence-electron chi connectivity index (χ3n) is 4.40. The molecule has 2 amide bonds. The fourth-order valence-corrected chi connectivity index (χ4v) is 4.09. The van der Waals surface area contributed by atoms with Gasteiger partial charge in [-0.3, -0.25) is 9.59 Å². The molecule has 0 saturated carbocycles. The lowest BCUT2D eigenvalue weighted by Gasteiger charge is -2.16. The molecule has 0 radical (unpaired) electrons. The number of thioether (sulfide) groups is 1. The molecule has 3 aromatic carbocycles. The Bertz CT molecular complexity index is 1010. The van der Waals surface area contributed by atoms with Crippen LogP contribution in [0.3, 0.4) is 0 Å². The average molecular weight is 439 g/mol. The van der Waals surface area contributed by atoms with E-state index >= 15 is 0 Å². The number of nitrogens with one attached hydrogen (secondary N) is 2. The molecule has 0 aromatic heterocycles. The minimum Gasteiger partial charge on any atom is -0.326 e. The Kier molecular flexibility index (Phi) is 7.94. The van der Waals surface area contributed by atoms with Gasteiger partial charge in [-0.25, -0.2) is 0 Å². The number of para-hydroxylation sites is 1. The summed E-state index contributed by atoms with van der Waals surface area (Å²) in [7, 11) is 0. The van der Waals surface area contributed by atoms with E-state index in [0.29, 0.717) is 29.2 Å². The van der Waals surface area contributed by atoms with Gasteiger partial charge in [0.05, 0.1) is 22.4 Å². The second kappa shape index (κ2) is 10.9. The highest BCUT2D eigenvalue weighted by molar-refractivity contribution is 8.00. The van der Waals surface area contributed by atoms with Crippen LogP contribution in [-0.2, 0) is 16.0 Å². The van der Waals surface area contributed by atoms with Crippen LogP contribution in [0, 0.1) is 0 Å². The van der Waals surface area contributed by atoms with E-state index in [1.54, 1.807) is 12.1 Å². The van der Waals surface area contributed by atoms with Gasteiger partial charge in [0.1, 0.15) is 0 Å². The standard InChI is InChI=1S/C24H23ClN2O2S/c1-2-22(24(29)27-21-14-7-6-13-20(21)25)30-19-12-8-11-18(16-19)26-23(28)15-17-9-4-3-5-10-17/h3-14,16,22H,2,15H2,1H3,(H,26,28)(H,27,29). The minimum atomic E-state index is -0.281. The van der Waals surface area contributed by atoms with Crippen LogP contribution < -0.4 is 10.6 Å². The third kappa shape index (κ3) is 6.37. The second-order valence-electron chi connectivity index (χ2n) is 6.72. The molecule has 3 aromatic rings. The summed E-state index contributed by atoms with van der Waals surface area (Å²) < 4.78 is 0. The molecule has 0 fully saturated rings. The van der Waals surface area contributed by atoms with Crippen LogP contribution in [0.5, 0.6) is 0 Å². The highest BCUT2D eigenvalue weighted by atomic mass is 35.5. The molecular weight excluding hydrogens is 416 g/mol. The number of anilines is 2. The van der Waals surface area contributed by atoms with Crippen LogP contribution in [-0.4, -0.2) is 17.1 Å². The smallest absolute Gasteiger partial charge is 0.237 e. The van der Waals surface area contributed by atoms with E-state index in [1.165, 1.54) is 11.8 Å². The van der Waals surface area contributed by atoms with Crippen LogP contribution in [0.25, 0.3) is 0 Å². The van der Waals surface area contributed by atoms with Crippen LogP contribution in [0.4, 0.5) is 11.4 Å². The molecule has 154 valence electrons. The zero-order chi connectivity index (χ0) is 21.3. The maximum atomic E-state index is 12.7. The van der Waals surface area contributed by atoms with E-state index in [9.17, 15) is 9.59 Å². The molecule has 4 nitrogen and oxygen atoms in total. The predicted octanol–water partition coefficient (Wildman–Crippen LogP) is 6.03. The number of hydrogen-bond donors (Lipinski definition) is 2. The Morgan fingerprint density at radius 1 is 0.933 bits per heavy atom. The Morgan fingerprint density at radius 3 is 2.40 bits per heavy atom. The molecule has 1 unspecified atom stereocenters. The van der Waals surface area contributed by atoms with Crippen molar-refractivity contribution in [2.75, 3.05) is 10.6 Å². The van der Waals surface area contributed by atoms with Crippen LogP contribution in [0.1, 0.15) is 18.9 Å². The number of benzene rings is 3. The molecule has 0 saturated heterocycles. The van der Waals surface area contributed by atoms with E-state index < -0.39 is 0 Å². The van der Waals surface area contributed by atoms with Gasteiger partial charge in [0.25, 0.3) is 0 Å². The first-order chi connectivity index (χ1) is 14.5. The van der Waals surface area contributed by atoms with Gasteiger partial charge >= 0.3 is 0 Å². The third-order valence-corrected chi connectivity index (χ3v) is 6.09. The summed E-state index contributed by atoms with van der Waals surface area (Å²) in [4.78, 5) is 25.9. The lowest BCUT2D eigenvalue weighted by Crippen LogP contribution is -2.24. The van der Waals surface area contributed by atoms with Crippen molar-refractivity contribution in [3.8, 4) is 0 Å². The normalized spacial score (nSPS) is 11.5. The van der Waals surface area contributed by atoms with E-state index in [-0.39, 0.29) is 17.1 Å². The molecule has 6 heteroatoms. The molecule has 0 aliphatic carbocycles. The number of carbonyl (C=O) groups excluding carboxylic acids is 2. The number of amides is 2. The summed E-state index contributed by atoms with van der Waals surface area (Å²) in [5.41, 5.74) is 2.27. The minimum absolute atomic E-state index is 0.0770. The Labute approximate surface area is 186 Å². The van der Waals surface area contributed by atoms with Crippen LogP contribution in [0.15, 0.2) is 83.8 Å². The molecule has 3 rings (SSSR count). The maximum Gasteiger partial charge on any atom is 0.237 e. The van der Waals surface area contributed by atoms with Gasteiger partial charge in [0, 0.05) is 10.6 Å². The highest BCUT2D eigenvalue weighted by Crippen LogP contribution is 2.29. The largest absolute Gasteiger partial charge is 0.326 e. The van der Waals surface area contributed by atoms with Crippen molar-refractivity contribution in [3.63, 3.8) is 0 Å². The summed E-state index contributed by atoms with van der Waals surface area (Å²) in [5, 5.41) is 6.05. The van der Waals surface area contributed by atoms with Crippen LogP contribution >= 0.6 is 23.4 Å². The number of hydrogen-bond acceptors (Lipinski definition) is 3. The van der Waals surface area contributed by atoms with Gasteiger partial charge in [-0.2, -0.15) is 0 Å². The van der Waals surface area contributed by atoms with Crippen molar-refractivity contribution in [1.82, 2.24) is 0 Å². The molecule has 0 bridgehead atoms. The first-order valence-electron chi connectivity index (χ1n) is 9.71. The molecular formula is C24H23ClN2O2S. The topological polar surface area (TPSA) is 58.2 Å². The number of halogens is 1. The van der Waals surface area contributed by atoms with Crippen molar-refractivity contribution in [1.29, 1.82) is 0 Å². The summed E-state index contributed by atoms with van der Waals surface area (Å²) in [6, 6.07) is 24.3. The van der Waals surface area contributed by atoms with Crippen LogP contribution in [0.2, 0.25) is 5.02 Å². The van der Waals surface area contributed by atoms with Crippen molar-refractivity contribution in [2.24, 2.45) is 0 Å². The fraction of sp³-hybridized carbons (Fsp3) is 0.167. The maximum absolute atomic E-state index is 12.7. The molecule has 2 N–H and O–H groups in total. The van der Waals surface area contributed by atoms with E-state index in [4.69, 9.17) is 11.6 Å². The SMILES string of the molecule is CCC(Sc1cccc(NC(=O)Cc2ccccc2)c1)C(=O)Nc1ccccc1Cl. The quantitative estimate of drug-likeness (QED) is 0.422. The van der Waals surface area contributed by atoms with Gasteiger partial charge in [0.2, 0.25) is 11.8 Å². The Balaban J connectivity index is 1.62. The fourth-order valence-electron chi connectivity index (χ4n) is 2.90. The number of carbonyl (C=O) groups is 2. The zero-order valence-corrected chi connectivity index (χ0v) is 18.2. The van der Waals surface area contributed by atoms with Crippen molar-refractivity contribution in [2.45, 2.75) is 29.9 Å². The van der Waals surface area contributed by atoms with E-state index in [2.05, 4.69) is 10.6 Å². The Hall–Kier alpha value is -2.76. The van der Waals surface area contributed by atoms with Gasteiger partial charge in [-0.15, -0.1) is 11.8 Å². The number of rotatable bonds is 8. The summed E-state index contributed by atoms with van der Waals surface area (Å²) >= 11 is 7.60. The molecule has 0 spiro atoms. The molecule has 1 atom stereocenters. The van der Waals surface area contributed by atoms with Gasteiger partial charge < -0.3 is 10.6 Å². The Morgan fingerprint density at radius 2 is 1.67 bits per heavy atom. The second-order valence-corrected chi connectivity index (χ2v) is 8.41. The average Bonchev–Trinajstić information content (AvgIpc) is 2.74. The lowest BCUT2D eigenvalue weighted by atomic mass is 10.1.